The Kier molecular flexibility index (Phi) is 70.6. The zero-order valence-electron chi connectivity index (χ0n) is 63.9. The number of phosphoric acid groups is 2. The standard InChI is InChI=1S/C79H154O17P2/c1-6-9-12-15-18-21-24-26-27-28-29-32-35-39-43-48-53-58-63-77(82)90-69-75(96-79(84)65-60-55-50-45-40-36-33-30-31-34-37-41-46-51-56-61-72(4)5)71-94-98(87,88)92-67-73(80)66-91-97(85,86)93-70-74(68-89-76(81)62-57-52-47-42-23-20-17-14-11-8-3)95-78(83)64-59-54-49-44-38-25-22-19-16-13-10-7-2/h72-75,80H,6-71H2,1-5H3,(H,85,86)(H,87,88)/t73-,74+,75+/m0/s1. The predicted molar refractivity (Wildman–Crippen MR) is 400 cm³/mol. The first-order chi connectivity index (χ1) is 47.5. The van der Waals surface area contributed by atoms with Crippen LogP contribution in [0.25, 0.3) is 0 Å². The highest BCUT2D eigenvalue weighted by Gasteiger charge is 2.30. The van der Waals surface area contributed by atoms with Crippen LogP contribution in [0, 0.1) is 5.92 Å². The number of phosphoric ester groups is 2. The fourth-order valence-electron chi connectivity index (χ4n) is 12.2. The minimum absolute atomic E-state index is 0.108. The van der Waals surface area contributed by atoms with E-state index in [4.69, 9.17) is 37.0 Å². The first-order valence-corrected chi connectivity index (χ1v) is 44.1. The minimum atomic E-state index is -4.96. The highest BCUT2D eigenvalue weighted by molar-refractivity contribution is 7.47. The van der Waals surface area contributed by atoms with Crippen molar-refractivity contribution < 1.29 is 80.2 Å². The SMILES string of the molecule is CCCCCCCCCCCCCCCCCCCCC(=O)OC[C@H](COP(=O)(O)OC[C@@H](O)COP(=O)(O)OC[C@@H](COC(=O)CCCCCCCCCCCC)OC(=O)CCCCCCCCCCCCCC)OC(=O)CCCCCCCCCCCCCCCCCC(C)C. The normalized spacial score (nSPS) is 13.9. The lowest BCUT2D eigenvalue weighted by Crippen LogP contribution is -2.30. The van der Waals surface area contributed by atoms with Crippen molar-refractivity contribution in [3.8, 4) is 0 Å². The van der Waals surface area contributed by atoms with Crippen LogP contribution in [0.15, 0.2) is 0 Å². The van der Waals surface area contributed by atoms with E-state index in [1.807, 2.05) is 0 Å². The molecule has 0 aliphatic heterocycles. The van der Waals surface area contributed by atoms with E-state index in [-0.39, 0.29) is 25.7 Å². The third-order valence-corrected chi connectivity index (χ3v) is 20.4. The summed E-state index contributed by atoms with van der Waals surface area (Å²) in [5.41, 5.74) is 0. The number of hydrogen-bond acceptors (Lipinski definition) is 15. The van der Waals surface area contributed by atoms with E-state index in [1.54, 1.807) is 0 Å². The average molecular weight is 1440 g/mol. The summed E-state index contributed by atoms with van der Waals surface area (Å²) >= 11 is 0. The molecule has 0 aromatic carbocycles. The molecule has 0 amide bonds. The van der Waals surface area contributed by atoms with E-state index in [2.05, 4.69) is 34.6 Å². The van der Waals surface area contributed by atoms with Gasteiger partial charge in [-0.25, -0.2) is 9.13 Å². The van der Waals surface area contributed by atoms with Gasteiger partial charge < -0.3 is 33.8 Å². The van der Waals surface area contributed by atoms with Crippen molar-refractivity contribution in [3.05, 3.63) is 0 Å². The average Bonchev–Trinajstić information content (AvgIpc) is 0.991. The summed E-state index contributed by atoms with van der Waals surface area (Å²) in [4.78, 5) is 72.9. The Morgan fingerprint density at radius 1 is 0.276 bits per heavy atom. The smallest absolute Gasteiger partial charge is 0.462 e. The lowest BCUT2D eigenvalue weighted by molar-refractivity contribution is -0.161. The van der Waals surface area contributed by atoms with Crippen molar-refractivity contribution in [1.29, 1.82) is 0 Å². The van der Waals surface area contributed by atoms with E-state index in [0.29, 0.717) is 25.7 Å². The summed E-state index contributed by atoms with van der Waals surface area (Å²) < 4.78 is 68.6. The van der Waals surface area contributed by atoms with Gasteiger partial charge in [-0.2, -0.15) is 0 Å². The number of hydrogen-bond donors (Lipinski definition) is 3. The van der Waals surface area contributed by atoms with Crippen molar-refractivity contribution in [2.24, 2.45) is 5.92 Å². The number of carbonyl (C=O) groups excluding carboxylic acids is 4. The number of esters is 4. The maximum absolute atomic E-state index is 13.1. The third-order valence-electron chi connectivity index (χ3n) is 18.5. The third kappa shape index (κ3) is 72.4. The molecule has 0 spiro atoms. The molecule has 19 heteroatoms. The maximum Gasteiger partial charge on any atom is 0.472 e. The topological polar surface area (TPSA) is 237 Å². The summed E-state index contributed by atoms with van der Waals surface area (Å²) in [6.45, 7) is 7.34. The summed E-state index contributed by atoms with van der Waals surface area (Å²) in [6.07, 6.45) is 62.3. The molecule has 98 heavy (non-hydrogen) atoms. The molecule has 0 heterocycles. The van der Waals surface area contributed by atoms with Crippen molar-refractivity contribution >= 4 is 39.5 Å². The molecular weight excluding hydrogens is 1280 g/mol. The zero-order valence-corrected chi connectivity index (χ0v) is 65.7. The second kappa shape index (κ2) is 72.0. The van der Waals surface area contributed by atoms with Gasteiger partial charge in [0.05, 0.1) is 26.4 Å². The Bertz CT molecular complexity index is 1870. The molecule has 0 aromatic rings. The van der Waals surface area contributed by atoms with Gasteiger partial charge in [0, 0.05) is 25.7 Å². The van der Waals surface area contributed by atoms with Gasteiger partial charge in [-0.15, -0.1) is 0 Å². The molecule has 0 saturated heterocycles. The quantitative estimate of drug-likeness (QED) is 0.0222. The van der Waals surface area contributed by atoms with Gasteiger partial charge in [0.15, 0.2) is 12.2 Å². The van der Waals surface area contributed by atoms with Crippen LogP contribution in [0.4, 0.5) is 0 Å². The van der Waals surface area contributed by atoms with E-state index < -0.39 is 97.5 Å². The highest BCUT2D eigenvalue weighted by atomic mass is 31.2. The molecule has 582 valence electrons. The number of rotatable bonds is 79. The van der Waals surface area contributed by atoms with Crippen LogP contribution in [-0.2, 0) is 65.4 Å². The molecule has 0 fully saturated rings. The van der Waals surface area contributed by atoms with Gasteiger partial charge in [0.25, 0.3) is 0 Å². The van der Waals surface area contributed by atoms with E-state index in [9.17, 15) is 43.2 Å². The van der Waals surface area contributed by atoms with Crippen molar-refractivity contribution in [2.75, 3.05) is 39.6 Å². The molecule has 3 N–H and O–H groups in total. The summed E-state index contributed by atoms with van der Waals surface area (Å²) in [5, 5.41) is 10.6. The van der Waals surface area contributed by atoms with E-state index >= 15 is 0 Å². The Hall–Kier alpha value is -1.94. The minimum Gasteiger partial charge on any atom is -0.462 e. The van der Waals surface area contributed by atoms with Crippen LogP contribution < -0.4 is 0 Å². The molecule has 17 nitrogen and oxygen atoms in total. The molecule has 0 bridgehead atoms. The molecular formula is C79H154O17P2. The van der Waals surface area contributed by atoms with E-state index in [1.165, 1.54) is 244 Å². The first-order valence-electron chi connectivity index (χ1n) is 41.1. The number of unbranched alkanes of at least 4 members (excludes halogenated alkanes) is 51. The lowest BCUT2D eigenvalue weighted by Gasteiger charge is -2.21. The Morgan fingerprint density at radius 3 is 0.694 bits per heavy atom. The molecule has 0 saturated carbocycles. The van der Waals surface area contributed by atoms with Gasteiger partial charge in [0.2, 0.25) is 0 Å². The first kappa shape index (κ1) is 96.1. The van der Waals surface area contributed by atoms with Gasteiger partial charge in [-0.3, -0.25) is 37.3 Å². The second-order valence-electron chi connectivity index (χ2n) is 28.9. The molecule has 2 unspecified atom stereocenters. The van der Waals surface area contributed by atoms with Crippen LogP contribution >= 0.6 is 15.6 Å². The van der Waals surface area contributed by atoms with Crippen molar-refractivity contribution in [3.63, 3.8) is 0 Å². The molecule has 5 atom stereocenters. The highest BCUT2D eigenvalue weighted by Crippen LogP contribution is 2.45. The van der Waals surface area contributed by atoms with Crippen molar-refractivity contribution in [2.45, 2.75) is 438 Å². The molecule has 0 radical (unpaired) electrons. The fourth-order valence-corrected chi connectivity index (χ4v) is 13.8. The molecule has 0 aromatic heterocycles. The number of aliphatic hydroxyl groups excluding tert-OH is 1. The largest absolute Gasteiger partial charge is 0.472 e. The van der Waals surface area contributed by atoms with Crippen LogP contribution in [0.1, 0.15) is 420 Å². The summed E-state index contributed by atoms with van der Waals surface area (Å²) in [7, 11) is -9.91. The number of ether oxygens (including phenoxy) is 4. The molecule has 0 aliphatic carbocycles. The maximum atomic E-state index is 13.1. The predicted octanol–water partition coefficient (Wildman–Crippen LogP) is 23.6. The van der Waals surface area contributed by atoms with Crippen LogP contribution in [0.3, 0.4) is 0 Å². The summed E-state index contributed by atoms with van der Waals surface area (Å²) in [5.74, 6) is -1.31. The fraction of sp³-hybridized carbons (Fsp3) is 0.949. The number of aliphatic hydroxyl groups is 1. The van der Waals surface area contributed by atoms with Gasteiger partial charge in [-0.1, -0.05) is 369 Å². The molecule has 0 aliphatic rings. The Balaban J connectivity index is 5.22. The Labute approximate surface area is 600 Å². The van der Waals surface area contributed by atoms with Crippen LogP contribution in [-0.4, -0.2) is 96.7 Å². The Morgan fingerprint density at radius 2 is 0.469 bits per heavy atom. The second-order valence-corrected chi connectivity index (χ2v) is 31.8. The van der Waals surface area contributed by atoms with Gasteiger partial charge in [0.1, 0.15) is 19.3 Å². The zero-order chi connectivity index (χ0) is 71.9. The monoisotopic (exact) mass is 1440 g/mol. The van der Waals surface area contributed by atoms with Gasteiger partial charge >= 0.3 is 39.5 Å². The van der Waals surface area contributed by atoms with Gasteiger partial charge in [-0.05, 0) is 31.6 Å². The van der Waals surface area contributed by atoms with Crippen LogP contribution in [0.5, 0.6) is 0 Å². The number of carbonyl (C=O) groups is 4. The van der Waals surface area contributed by atoms with Crippen molar-refractivity contribution in [1.82, 2.24) is 0 Å². The molecule has 0 rings (SSSR count). The van der Waals surface area contributed by atoms with E-state index in [0.717, 1.165) is 95.8 Å². The lowest BCUT2D eigenvalue weighted by atomic mass is 10.0. The van der Waals surface area contributed by atoms with Crippen LogP contribution in [0.2, 0.25) is 0 Å². The summed E-state index contributed by atoms with van der Waals surface area (Å²) in [6, 6.07) is 0.